The van der Waals surface area contributed by atoms with Gasteiger partial charge < -0.3 is 0 Å². The Kier molecular flexibility index (Phi) is 2.45. The van der Waals surface area contributed by atoms with Crippen LogP contribution in [0.2, 0.25) is 5.02 Å². The summed E-state index contributed by atoms with van der Waals surface area (Å²) in [5.74, 6) is 0. The first kappa shape index (κ1) is 11.1. The van der Waals surface area contributed by atoms with Crippen molar-refractivity contribution >= 4 is 11.6 Å². The van der Waals surface area contributed by atoms with Gasteiger partial charge >= 0.3 is 0 Å². The molecule has 3 fully saturated rings. The highest BCUT2D eigenvalue weighted by molar-refractivity contribution is 6.31. The quantitative estimate of drug-likeness (QED) is 0.717. The summed E-state index contributed by atoms with van der Waals surface area (Å²) in [6.45, 7) is 0. The second kappa shape index (κ2) is 3.75. The monoisotopic (exact) mass is 245 g/mol. The fourth-order valence-corrected chi connectivity index (χ4v) is 3.98. The Morgan fingerprint density at radius 2 is 1.59 bits per heavy atom. The van der Waals surface area contributed by atoms with Crippen molar-refractivity contribution < 1.29 is 0 Å². The molecule has 88 valence electrons. The van der Waals surface area contributed by atoms with E-state index < -0.39 is 0 Å². The van der Waals surface area contributed by atoms with Gasteiger partial charge in [0, 0.05) is 5.02 Å². The van der Waals surface area contributed by atoms with Gasteiger partial charge in [-0.2, -0.15) is 5.26 Å². The summed E-state index contributed by atoms with van der Waals surface area (Å²) >= 11 is 6.35. The molecular weight excluding hydrogens is 230 g/mol. The van der Waals surface area contributed by atoms with Gasteiger partial charge in [0.2, 0.25) is 0 Å². The van der Waals surface area contributed by atoms with E-state index in [4.69, 9.17) is 11.6 Å². The second-order valence-electron chi connectivity index (χ2n) is 5.65. The molecule has 0 radical (unpaired) electrons. The third-order valence-electron chi connectivity index (χ3n) is 4.93. The van der Waals surface area contributed by atoms with E-state index in [1.165, 1.54) is 5.56 Å². The average Bonchev–Trinajstić information content (AvgIpc) is 2.41. The van der Waals surface area contributed by atoms with Crippen LogP contribution >= 0.6 is 11.6 Å². The summed E-state index contributed by atoms with van der Waals surface area (Å²) in [6.07, 6.45) is 6.54. The van der Waals surface area contributed by atoms with Gasteiger partial charge in [0.1, 0.15) is 0 Å². The lowest BCUT2D eigenvalue weighted by Crippen LogP contribution is -2.43. The standard InChI is InChI=1S/C15H16ClN/c16-13-4-2-1-3-12(13)15-8-5-14(11-17,6-9-15)7-10-15/h1-4H,5-10H2. The molecule has 0 aliphatic heterocycles. The van der Waals surface area contributed by atoms with Crippen molar-refractivity contribution in [3.8, 4) is 6.07 Å². The fraction of sp³-hybridized carbons (Fsp3) is 0.533. The third-order valence-corrected chi connectivity index (χ3v) is 5.26. The molecule has 2 heteroatoms. The molecule has 1 aromatic rings. The van der Waals surface area contributed by atoms with Gasteiger partial charge in [-0.3, -0.25) is 0 Å². The number of benzene rings is 1. The maximum absolute atomic E-state index is 9.30. The van der Waals surface area contributed by atoms with Crippen LogP contribution in [0.1, 0.15) is 44.1 Å². The van der Waals surface area contributed by atoms with Crippen LogP contribution in [0.4, 0.5) is 0 Å². The number of halogens is 1. The summed E-state index contributed by atoms with van der Waals surface area (Å²) in [5.41, 5.74) is 1.56. The molecule has 3 aliphatic carbocycles. The van der Waals surface area contributed by atoms with Gasteiger partial charge in [0.25, 0.3) is 0 Å². The minimum Gasteiger partial charge on any atom is -0.198 e. The predicted octanol–water partition coefficient (Wildman–Crippen LogP) is 4.46. The number of rotatable bonds is 1. The van der Waals surface area contributed by atoms with Gasteiger partial charge in [-0.25, -0.2) is 0 Å². The molecule has 17 heavy (non-hydrogen) atoms. The van der Waals surface area contributed by atoms with E-state index in [2.05, 4.69) is 18.2 Å². The Hall–Kier alpha value is -1.00. The molecule has 0 aromatic heterocycles. The van der Waals surface area contributed by atoms with Gasteiger partial charge in [-0.05, 0) is 55.6 Å². The Balaban J connectivity index is 1.97. The van der Waals surface area contributed by atoms with E-state index in [1.807, 2.05) is 12.1 Å². The predicted molar refractivity (Wildman–Crippen MR) is 68.9 cm³/mol. The number of nitrogens with zero attached hydrogens (tertiary/aromatic N) is 1. The maximum atomic E-state index is 9.30. The first-order valence-corrected chi connectivity index (χ1v) is 6.74. The molecule has 0 atom stereocenters. The van der Waals surface area contributed by atoms with E-state index >= 15 is 0 Å². The van der Waals surface area contributed by atoms with Crippen LogP contribution in [-0.2, 0) is 5.41 Å². The van der Waals surface area contributed by atoms with Crippen molar-refractivity contribution in [1.82, 2.24) is 0 Å². The largest absolute Gasteiger partial charge is 0.198 e. The summed E-state index contributed by atoms with van der Waals surface area (Å²) in [7, 11) is 0. The number of fused-ring (bicyclic) bond motifs is 3. The van der Waals surface area contributed by atoms with Crippen molar-refractivity contribution in [2.75, 3.05) is 0 Å². The van der Waals surface area contributed by atoms with Crippen molar-refractivity contribution in [2.24, 2.45) is 5.41 Å². The average molecular weight is 246 g/mol. The lowest BCUT2D eigenvalue weighted by Gasteiger charge is -2.51. The zero-order valence-electron chi connectivity index (χ0n) is 9.88. The third kappa shape index (κ3) is 1.58. The Morgan fingerprint density at radius 1 is 1.00 bits per heavy atom. The Morgan fingerprint density at radius 3 is 2.12 bits per heavy atom. The van der Waals surface area contributed by atoms with E-state index in [1.54, 1.807) is 0 Å². The molecule has 3 aliphatic rings. The molecule has 2 bridgehead atoms. The minimum atomic E-state index is -0.0109. The molecule has 0 saturated heterocycles. The van der Waals surface area contributed by atoms with Gasteiger partial charge in [-0.15, -0.1) is 0 Å². The van der Waals surface area contributed by atoms with E-state index in [0.29, 0.717) is 0 Å². The van der Waals surface area contributed by atoms with Crippen LogP contribution in [-0.4, -0.2) is 0 Å². The maximum Gasteiger partial charge on any atom is 0.0689 e. The minimum absolute atomic E-state index is 0.0109. The molecule has 0 N–H and O–H groups in total. The molecule has 0 unspecified atom stereocenters. The van der Waals surface area contributed by atoms with Crippen molar-refractivity contribution in [3.63, 3.8) is 0 Å². The molecule has 0 heterocycles. The van der Waals surface area contributed by atoms with Crippen LogP contribution in [0.15, 0.2) is 24.3 Å². The van der Waals surface area contributed by atoms with Crippen LogP contribution < -0.4 is 0 Å². The SMILES string of the molecule is N#CC12CCC(c3ccccc3Cl)(CC1)CC2. The normalized spacial score (nSPS) is 35.5. The number of hydrogen-bond donors (Lipinski definition) is 0. The van der Waals surface area contributed by atoms with Gasteiger partial charge in [0.05, 0.1) is 11.5 Å². The molecule has 3 saturated carbocycles. The van der Waals surface area contributed by atoms with Crippen molar-refractivity contribution in [3.05, 3.63) is 34.9 Å². The van der Waals surface area contributed by atoms with Crippen molar-refractivity contribution in [1.29, 1.82) is 5.26 Å². The van der Waals surface area contributed by atoms with Gasteiger partial charge in [0.15, 0.2) is 0 Å². The van der Waals surface area contributed by atoms with Crippen LogP contribution in [0.25, 0.3) is 0 Å². The van der Waals surface area contributed by atoms with Crippen molar-refractivity contribution in [2.45, 2.75) is 43.9 Å². The number of nitriles is 1. The highest BCUT2D eigenvalue weighted by atomic mass is 35.5. The molecular formula is C15H16ClN. The lowest BCUT2D eigenvalue weighted by atomic mass is 9.52. The summed E-state index contributed by atoms with van der Waals surface area (Å²) < 4.78 is 0. The number of hydrogen-bond acceptors (Lipinski definition) is 1. The zero-order chi connectivity index (χ0) is 11.9. The second-order valence-corrected chi connectivity index (χ2v) is 6.06. The van der Waals surface area contributed by atoms with E-state index in [-0.39, 0.29) is 10.8 Å². The van der Waals surface area contributed by atoms with Crippen LogP contribution in [0.3, 0.4) is 0 Å². The first-order chi connectivity index (χ1) is 8.20. The summed E-state index contributed by atoms with van der Waals surface area (Å²) in [5, 5.41) is 10.2. The molecule has 0 spiro atoms. The van der Waals surface area contributed by atoms with Gasteiger partial charge in [-0.1, -0.05) is 29.8 Å². The molecule has 4 rings (SSSR count). The zero-order valence-corrected chi connectivity index (χ0v) is 10.6. The summed E-state index contributed by atoms with van der Waals surface area (Å²) in [6, 6.07) is 10.8. The smallest absolute Gasteiger partial charge is 0.0689 e. The fourth-order valence-electron chi connectivity index (χ4n) is 3.65. The highest BCUT2D eigenvalue weighted by Crippen LogP contribution is 2.58. The molecule has 1 nitrogen and oxygen atoms in total. The summed E-state index contributed by atoms with van der Waals surface area (Å²) in [4.78, 5) is 0. The van der Waals surface area contributed by atoms with Crippen LogP contribution in [0, 0.1) is 16.7 Å². The van der Waals surface area contributed by atoms with E-state index in [0.717, 1.165) is 43.5 Å². The van der Waals surface area contributed by atoms with Crippen LogP contribution in [0.5, 0.6) is 0 Å². The molecule has 0 amide bonds. The topological polar surface area (TPSA) is 23.8 Å². The highest BCUT2D eigenvalue weighted by Gasteiger charge is 2.50. The first-order valence-electron chi connectivity index (χ1n) is 6.36. The molecule has 1 aromatic carbocycles. The Bertz CT molecular complexity index is 461. The lowest BCUT2D eigenvalue weighted by molar-refractivity contribution is 0.0850. The van der Waals surface area contributed by atoms with E-state index in [9.17, 15) is 5.26 Å². The Labute approximate surface area is 107 Å².